The number of thiophene rings is 1. The number of sulfonamides is 1. The quantitative estimate of drug-likeness (QED) is 0.124. The van der Waals surface area contributed by atoms with E-state index in [9.17, 15) is 34.8 Å². The van der Waals surface area contributed by atoms with E-state index in [0.29, 0.717) is 22.4 Å². The number of carboxylic acids is 2. The predicted molar refractivity (Wildman–Crippen MR) is 178 cm³/mol. The number of hydrogen-bond donors (Lipinski definition) is 3. The summed E-state index contributed by atoms with van der Waals surface area (Å²) in [6.07, 6.45) is -4.30. The number of halogens is 6. The molecule has 6 rings (SSSR count). The lowest BCUT2D eigenvalue weighted by Gasteiger charge is -2.24. The topological polar surface area (TPSA) is 157 Å². The Hall–Kier alpha value is -4.53. The molecule has 0 atom stereocenters. The lowest BCUT2D eigenvalue weighted by molar-refractivity contribution is -0.193. The molecule has 0 aliphatic heterocycles. The number of aromatic amines is 1. The molecular weight excluding hydrogens is 749 g/mol. The maximum atomic E-state index is 13.6. The first kappa shape index (κ1) is 39.3. The molecule has 5 aromatic rings. The third kappa shape index (κ3) is 11.0. The smallest absolute Gasteiger partial charge is 0.475 e. The molecule has 0 saturated heterocycles. The fourth-order valence-corrected chi connectivity index (χ4v) is 8.06. The second-order valence-electron chi connectivity index (χ2n) is 11.1. The number of alkyl halides is 6. The number of hydrogen-bond acceptors (Lipinski definition) is 9. The first-order valence-corrected chi connectivity index (χ1v) is 17.8. The van der Waals surface area contributed by atoms with Crippen LogP contribution in [0, 0.1) is 5.92 Å². The number of H-pyrrole nitrogens is 1. The SMILES string of the molecule is CN(Cc1ccccn1)Cc1cnc(-c2cc3cccc(N(CC4CC4)S(=O)(=O)c4cccs4)c3[nH]2)s1.O=C(O)C(F)(F)F.O=C(O)C(F)(F)F. The number of carbonyl (C=O) groups is 2. The van der Waals surface area contributed by atoms with Gasteiger partial charge >= 0.3 is 24.3 Å². The predicted octanol–water partition coefficient (Wildman–Crippen LogP) is 7.25. The summed E-state index contributed by atoms with van der Waals surface area (Å²) < 4.78 is 92.7. The Morgan fingerprint density at radius 3 is 2.16 bits per heavy atom. The minimum absolute atomic E-state index is 0.372. The van der Waals surface area contributed by atoms with Crippen LogP contribution in [0.25, 0.3) is 21.6 Å². The number of nitrogens with one attached hydrogen (secondary N) is 1. The average Bonchev–Trinajstić information content (AvgIpc) is 3.41. The lowest BCUT2D eigenvalue weighted by Crippen LogP contribution is -2.32. The first-order chi connectivity index (χ1) is 23.9. The van der Waals surface area contributed by atoms with Gasteiger partial charge in [0.15, 0.2) is 0 Å². The van der Waals surface area contributed by atoms with Gasteiger partial charge in [0.05, 0.1) is 22.6 Å². The average molecular weight is 778 g/mol. The molecule has 0 unspecified atom stereocenters. The second kappa shape index (κ2) is 16.2. The maximum absolute atomic E-state index is 13.6. The molecule has 1 fully saturated rings. The Morgan fingerprint density at radius 1 is 0.941 bits per heavy atom. The van der Waals surface area contributed by atoms with Crippen molar-refractivity contribution < 1.29 is 54.6 Å². The van der Waals surface area contributed by atoms with Gasteiger partial charge in [-0.25, -0.2) is 23.0 Å². The molecular formula is C31H29F6N5O6S3. The van der Waals surface area contributed by atoms with E-state index in [2.05, 4.69) is 33.0 Å². The van der Waals surface area contributed by atoms with E-state index in [0.717, 1.165) is 58.1 Å². The van der Waals surface area contributed by atoms with Crippen molar-refractivity contribution in [3.8, 4) is 10.7 Å². The van der Waals surface area contributed by atoms with Crippen molar-refractivity contribution in [1.29, 1.82) is 0 Å². The van der Waals surface area contributed by atoms with E-state index < -0.39 is 34.3 Å². The maximum Gasteiger partial charge on any atom is 0.490 e. The molecule has 1 aromatic carbocycles. The third-order valence-electron chi connectivity index (χ3n) is 6.92. The summed E-state index contributed by atoms with van der Waals surface area (Å²) in [6.45, 7) is 2.03. The van der Waals surface area contributed by atoms with Crippen LogP contribution >= 0.6 is 22.7 Å². The van der Waals surface area contributed by atoms with Gasteiger partial charge in [0.25, 0.3) is 10.0 Å². The molecule has 20 heteroatoms. The molecule has 0 spiro atoms. The Morgan fingerprint density at radius 2 is 1.61 bits per heavy atom. The Kier molecular flexibility index (Phi) is 12.5. The summed E-state index contributed by atoms with van der Waals surface area (Å²) in [5.41, 5.74) is 3.44. The molecule has 1 aliphatic carbocycles. The zero-order chi connectivity index (χ0) is 37.6. The number of aromatic nitrogens is 3. The van der Waals surface area contributed by atoms with Gasteiger partial charge in [-0.15, -0.1) is 22.7 Å². The fraction of sp³-hybridized carbons (Fsp3) is 0.290. The van der Waals surface area contributed by atoms with E-state index in [1.54, 1.807) is 27.8 Å². The van der Waals surface area contributed by atoms with Gasteiger partial charge < -0.3 is 15.2 Å². The summed E-state index contributed by atoms with van der Waals surface area (Å²) in [6, 6.07) is 17.3. The fourth-order valence-electron chi connectivity index (χ4n) is 4.44. The van der Waals surface area contributed by atoms with Crippen molar-refractivity contribution in [3.63, 3.8) is 0 Å². The molecule has 274 valence electrons. The van der Waals surface area contributed by atoms with Crippen molar-refractivity contribution in [3.05, 3.63) is 82.9 Å². The number of aliphatic carboxylic acids is 2. The van der Waals surface area contributed by atoms with Crippen LogP contribution in [0.15, 0.2) is 76.6 Å². The number of thiazole rings is 1. The number of para-hydroxylation sites is 1. The van der Waals surface area contributed by atoms with Crippen LogP contribution < -0.4 is 4.31 Å². The van der Waals surface area contributed by atoms with Crippen molar-refractivity contribution in [2.24, 2.45) is 5.92 Å². The number of anilines is 1. The van der Waals surface area contributed by atoms with Crippen LogP contribution in [-0.4, -0.2) is 76.4 Å². The van der Waals surface area contributed by atoms with Crippen molar-refractivity contribution >= 4 is 61.2 Å². The first-order valence-electron chi connectivity index (χ1n) is 14.7. The highest BCUT2D eigenvalue weighted by Gasteiger charge is 2.39. The van der Waals surface area contributed by atoms with Crippen LogP contribution in [-0.2, 0) is 32.7 Å². The molecule has 4 aromatic heterocycles. The summed E-state index contributed by atoms with van der Waals surface area (Å²) in [5.74, 6) is -5.11. The van der Waals surface area contributed by atoms with E-state index in [1.807, 2.05) is 54.2 Å². The molecule has 1 saturated carbocycles. The van der Waals surface area contributed by atoms with E-state index in [-0.39, 0.29) is 0 Å². The molecule has 11 nitrogen and oxygen atoms in total. The van der Waals surface area contributed by atoms with Crippen LogP contribution in [0.2, 0.25) is 0 Å². The molecule has 4 heterocycles. The Bertz CT molecular complexity index is 2010. The van der Waals surface area contributed by atoms with Crippen molar-refractivity contribution in [2.75, 3.05) is 17.9 Å². The van der Waals surface area contributed by atoms with Crippen LogP contribution in [0.1, 0.15) is 23.4 Å². The summed E-state index contributed by atoms with van der Waals surface area (Å²) in [4.78, 5) is 33.8. The summed E-state index contributed by atoms with van der Waals surface area (Å²) >= 11 is 2.90. The Balaban J connectivity index is 0.000000353. The van der Waals surface area contributed by atoms with Crippen LogP contribution in [0.3, 0.4) is 0 Å². The molecule has 3 N–H and O–H groups in total. The minimum Gasteiger partial charge on any atom is -0.475 e. The van der Waals surface area contributed by atoms with Gasteiger partial charge in [0.1, 0.15) is 9.22 Å². The highest BCUT2D eigenvalue weighted by Crippen LogP contribution is 2.39. The number of nitrogens with zero attached hydrogens (tertiary/aromatic N) is 4. The van der Waals surface area contributed by atoms with E-state index in [1.165, 1.54) is 11.3 Å². The normalized spacial score (nSPS) is 13.3. The zero-order valence-corrected chi connectivity index (χ0v) is 28.8. The summed E-state index contributed by atoms with van der Waals surface area (Å²) in [5, 5.41) is 17.9. The van der Waals surface area contributed by atoms with Gasteiger partial charge in [-0.1, -0.05) is 24.3 Å². The van der Waals surface area contributed by atoms with Crippen LogP contribution in [0.4, 0.5) is 32.0 Å². The lowest BCUT2D eigenvalue weighted by atomic mass is 10.2. The molecule has 0 radical (unpaired) electrons. The van der Waals surface area contributed by atoms with Gasteiger partial charge in [-0.2, -0.15) is 26.3 Å². The molecule has 0 bridgehead atoms. The van der Waals surface area contributed by atoms with E-state index in [4.69, 9.17) is 19.8 Å². The zero-order valence-electron chi connectivity index (χ0n) is 26.3. The molecule has 51 heavy (non-hydrogen) atoms. The number of benzene rings is 1. The Labute approximate surface area is 294 Å². The molecule has 1 aliphatic rings. The minimum atomic E-state index is -5.08. The monoisotopic (exact) mass is 777 g/mol. The molecule has 0 amide bonds. The highest BCUT2D eigenvalue weighted by molar-refractivity contribution is 7.94. The third-order valence-corrected chi connectivity index (χ3v) is 11.1. The van der Waals surface area contributed by atoms with Crippen LogP contribution in [0.5, 0.6) is 0 Å². The number of fused-ring (bicyclic) bond motifs is 1. The van der Waals surface area contributed by atoms with Gasteiger partial charge in [-0.3, -0.25) is 14.2 Å². The number of carboxylic acid groups (broad SMARTS) is 2. The summed E-state index contributed by atoms with van der Waals surface area (Å²) in [7, 11) is -1.56. The van der Waals surface area contributed by atoms with Gasteiger partial charge in [-0.05, 0) is 61.5 Å². The number of rotatable bonds is 10. The number of pyridine rings is 1. The largest absolute Gasteiger partial charge is 0.490 e. The van der Waals surface area contributed by atoms with Gasteiger partial charge in [0.2, 0.25) is 0 Å². The van der Waals surface area contributed by atoms with Gasteiger partial charge in [0, 0.05) is 42.3 Å². The van der Waals surface area contributed by atoms with Crippen molar-refractivity contribution in [2.45, 2.75) is 42.5 Å². The van der Waals surface area contributed by atoms with E-state index >= 15 is 0 Å². The highest BCUT2D eigenvalue weighted by atomic mass is 32.2. The standard InChI is InChI=1S/C27H27N5O2S3.2C2HF3O2/c1-31(17-21-7-2-3-12-28-21)18-22-15-29-27(36-22)23-14-20-6-4-8-24(26(20)30-23)32(16-19-10-11-19)37(33,34)25-9-5-13-35-25;2*3-2(4,5)1(6)7/h2-9,12-15,19,30H,10-11,16-18H2,1H3;2*(H,6,7). The second-order valence-corrected chi connectivity index (χ2v) is 15.2. The van der Waals surface area contributed by atoms with Crippen molar-refractivity contribution in [1.82, 2.24) is 19.9 Å².